The molecule has 2 heterocycles. The Morgan fingerprint density at radius 1 is 1.31 bits per heavy atom. The van der Waals surface area contributed by atoms with Crippen LogP contribution in [0, 0.1) is 5.92 Å². The first-order chi connectivity index (χ1) is 7.70. The van der Waals surface area contributed by atoms with Crippen molar-refractivity contribution in [2.24, 2.45) is 11.7 Å². The molecule has 4 nitrogen and oxygen atoms in total. The maximum Gasteiger partial charge on any atom is 0.251 e. The topological polar surface area (TPSA) is 55.6 Å². The number of amides is 1. The zero-order valence-electron chi connectivity index (χ0n) is 10.0. The Balaban J connectivity index is 1.83. The van der Waals surface area contributed by atoms with E-state index in [0.717, 1.165) is 44.7 Å². The first-order valence-corrected chi connectivity index (χ1v) is 6.35. The summed E-state index contributed by atoms with van der Waals surface area (Å²) in [5.41, 5.74) is 5.54. The smallest absolute Gasteiger partial charge is 0.251 e. The minimum Gasteiger partial charge on any atom is -0.364 e. The van der Waals surface area contributed by atoms with E-state index in [9.17, 15) is 4.79 Å². The van der Waals surface area contributed by atoms with Gasteiger partial charge in [0.1, 0.15) is 6.10 Å². The van der Waals surface area contributed by atoms with Crippen molar-refractivity contribution in [3.8, 4) is 0 Å². The quantitative estimate of drug-likeness (QED) is 0.756. The van der Waals surface area contributed by atoms with Gasteiger partial charge in [0.05, 0.1) is 6.10 Å². The highest BCUT2D eigenvalue weighted by molar-refractivity contribution is 5.81. The molecule has 0 spiro atoms. The molecule has 2 saturated heterocycles. The number of hydrogen-bond acceptors (Lipinski definition) is 3. The van der Waals surface area contributed by atoms with Crippen molar-refractivity contribution in [1.29, 1.82) is 0 Å². The van der Waals surface area contributed by atoms with E-state index in [-0.39, 0.29) is 18.1 Å². The van der Waals surface area contributed by atoms with Crippen LogP contribution >= 0.6 is 0 Å². The van der Waals surface area contributed by atoms with Crippen LogP contribution < -0.4 is 5.73 Å². The van der Waals surface area contributed by atoms with Gasteiger partial charge in [-0.2, -0.15) is 0 Å². The van der Waals surface area contributed by atoms with Crippen molar-refractivity contribution in [1.82, 2.24) is 4.90 Å². The van der Waals surface area contributed by atoms with Gasteiger partial charge in [-0.1, -0.05) is 6.92 Å². The Bertz CT molecular complexity index is 245. The van der Waals surface area contributed by atoms with Crippen LogP contribution in [-0.4, -0.2) is 42.6 Å². The van der Waals surface area contributed by atoms with Gasteiger partial charge in [-0.15, -0.1) is 0 Å². The molecule has 2 rings (SSSR count). The SMILES string of the molecule is CC1CCN(C(=O)[C@@H]2CC[C@H](CN)O2)CC1. The van der Waals surface area contributed by atoms with Gasteiger partial charge in [-0.05, 0) is 31.6 Å². The fourth-order valence-electron chi connectivity index (χ4n) is 2.49. The molecule has 0 radical (unpaired) electrons. The largest absolute Gasteiger partial charge is 0.364 e. The van der Waals surface area contributed by atoms with E-state index in [1.54, 1.807) is 0 Å². The second kappa shape index (κ2) is 5.15. The minimum absolute atomic E-state index is 0.0951. The highest BCUT2D eigenvalue weighted by atomic mass is 16.5. The van der Waals surface area contributed by atoms with E-state index >= 15 is 0 Å². The molecule has 16 heavy (non-hydrogen) atoms. The van der Waals surface area contributed by atoms with Gasteiger partial charge in [0.25, 0.3) is 5.91 Å². The molecule has 2 aliphatic heterocycles. The molecular formula is C12H22N2O2. The molecule has 2 atom stereocenters. The third kappa shape index (κ3) is 2.55. The molecule has 0 aromatic rings. The predicted molar refractivity (Wildman–Crippen MR) is 61.9 cm³/mol. The average molecular weight is 226 g/mol. The van der Waals surface area contributed by atoms with Crippen LogP contribution in [0.1, 0.15) is 32.6 Å². The monoisotopic (exact) mass is 226 g/mol. The zero-order valence-corrected chi connectivity index (χ0v) is 10.0. The Hall–Kier alpha value is -0.610. The van der Waals surface area contributed by atoms with Crippen LogP contribution in [0.3, 0.4) is 0 Å². The maximum atomic E-state index is 12.1. The van der Waals surface area contributed by atoms with Gasteiger partial charge >= 0.3 is 0 Å². The summed E-state index contributed by atoms with van der Waals surface area (Å²) in [6.07, 6.45) is 3.89. The van der Waals surface area contributed by atoms with Crippen molar-refractivity contribution in [2.45, 2.75) is 44.8 Å². The van der Waals surface area contributed by atoms with E-state index in [1.807, 2.05) is 4.90 Å². The fraction of sp³-hybridized carbons (Fsp3) is 0.917. The molecule has 4 heteroatoms. The average Bonchev–Trinajstić information content (AvgIpc) is 2.77. The van der Waals surface area contributed by atoms with E-state index in [1.165, 1.54) is 0 Å². The lowest BCUT2D eigenvalue weighted by atomic mass is 9.99. The van der Waals surface area contributed by atoms with Crippen molar-refractivity contribution < 1.29 is 9.53 Å². The number of nitrogens with two attached hydrogens (primary N) is 1. The van der Waals surface area contributed by atoms with E-state index in [0.29, 0.717) is 6.54 Å². The summed E-state index contributed by atoms with van der Waals surface area (Å²) < 4.78 is 5.64. The van der Waals surface area contributed by atoms with Gasteiger partial charge in [0, 0.05) is 19.6 Å². The van der Waals surface area contributed by atoms with Gasteiger partial charge in [-0.3, -0.25) is 4.79 Å². The Labute approximate surface area is 97.1 Å². The van der Waals surface area contributed by atoms with Crippen LogP contribution in [0.25, 0.3) is 0 Å². The summed E-state index contributed by atoms with van der Waals surface area (Å²) >= 11 is 0. The second-order valence-electron chi connectivity index (χ2n) is 5.07. The first kappa shape index (κ1) is 11.9. The predicted octanol–water partition coefficient (Wildman–Crippen LogP) is 0.751. The van der Waals surface area contributed by atoms with Crippen LogP contribution in [0.4, 0.5) is 0 Å². The minimum atomic E-state index is -0.220. The summed E-state index contributed by atoms with van der Waals surface area (Å²) in [6.45, 7) is 4.57. The Kier molecular flexibility index (Phi) is 3.82. The lowest BCUT2D eigenvalue weighted by Gasteiger charge is -2.32. The molecule has 92 valence electrons. The first-order valence-electron chi connectivity index (χ1n) is 6.35. The number of hydrogen-bond donors (Lipinski definition) is 1. The highest BCUT2D eigenvalue weighted by Gasteiger charge is 2.33. The second-order valence-corrected chi connectivity index (χ2v) is 5.07. The Morgan fingerprint density at radius 3 is 2.56 bits per heavy atom. The summed E-state index contributed by atoms with van der Waals surface area (Å²) in [5.74, 6) is 0.938. The molecule has 2 aliphatic rings. The normalized spacial score (nSPS) is 32.0. The number of rotatable bonds is 2. The molecule has 0 bridgehead atoms. The number of ether oxygens (including phenoxy) is 1. The van der Waals surface area contributed by atoms with Crippen molar-refractivity contribution >= 4 is 5.91 Å². The third-order valence-electron chi connectivity index (χ3n) is 3.74. The highest BCUT2D eigenvalue weighted by Crippen LogP contribution is 2.23. The van der Waals surface area contributed by atoms with Crippen molar-refractivity contribution in [3.63, 3.8) is 0 Å². The summed E-state index contributed by atoms with van der Waals surface area (Å²) in [5, 5.41) is 0. The maximum absolute atomic E-state index is 12.1. The molecule has 0 saturated carbocycles. The van der Waals surface area contributed by atoms with E-state index in [2.05, 4.69) is 6.92 Å². The molecule has 0 aliphatic carbocycles. The lowest BCUT2D eigenvalue weighted by Crippen LogP contribution is -2.43. The van der Waals surface area contributed by atoms with Gasteiger partial charge < -0.3 is 15.4 Å². The molecule has 0 aromatic heterocycles. The van der Waals surface area contributed by atoms with Crippen LogP contribution in [0.5, 0.6) is 0 Å². The third-order valence-corrected chi connectivity index (χ3v) is 3.74. The van der Waals surface area contributed by atoms with Crippen LogP contribution in [-0.2, 0) is 9.53 Å². The number of likely N-dealkylation sites (tertiary alicyclic amines) is 1. The summed E-state index contributed by atoms with van der Waals surface area (Å²) in [6, 6.07) is 0. The van der Waals surface area contributed by atoms with Crippen LogP contribution in [0.15, 0.2) is 0 Å². The number of carbonyl (C=O) groups is 1. The molecule has 2 fully saturated rings. The molecular weight excluding hydrogens is 204 g/mol. The van der Waals surface area contributed by atoms with Crippen molar-refractivity contribution in [3.05, 3.63) is 0 Å². The van der Waals surface area contributed by atoms with Crippen LogP contribution in [0.2, 0.25) is 0 Å². The number of nitrogens with zero attached hydrogens (tertiary/aromatic N) is 1. The van der Waals surface area contributed by atoms with E-state index in [4.69, 9.17) is 10.5 Å². The number of piperidine rings is 1. The molecule has 0 aromatic carbocycles. The standard InChI is InChI=1S/C12H22N2O2/c1-9-4-6-14(7-5-9)12(15)11-3-2-10(8-13)16-11/h9-11H,2-8,13H2,1H3/t10-,11+/m1/s1. The molecule has 1 amide bonds. The van der Waals surface area contributed by atoms with Gasteiger partial charge in [0.15, 0.2) is 0 Å². The lowest BCUT2D eigenvalue weighted by molar-refractivity contribution is -0.144. The summed E-state index contributed by atoms with van der Waals surface area (Å²) in [7, 11) is 0. The number of carbonyl (C=O) groups excluding carboxylic acids is 1. The molecule has 2 N–H and O–H groups in total. The Morgan fingerprint density at radius 2 is 2.00 bits per heavy atom. The molecule has 0 unspecified atom stereocenters. The van der Waals surface area contributed by atoms with E-state index < -0.39 is 0 Å². The van der Waals surface area contributed by atoms with Crippen molar-refractivity contribution in [2.75, 3.05) is 19.6 Å². The van der Waals surface area contributed by atoms with Gasteiger partial charge in [-0.25, -0.2) is 0 Å². The fourth-order valence-corrected chi connectivity index (χ4v) is 2.49. The summed E-state index contributed by atoms with van der Waals surface area (Å²) in [4.78, 5) is 14.1. The van der Waals surface area contributed by atoms with Gasteiger partial charge in [0.2, 0.25) is 0 Å². The zero-order chi connectivity index (χ0) is 11.5.